The van der Waals surface area contributed by atoms with Crippen molar-refractivity contribution >= 4 is 22.9 Å². The Morgan fingerprint density at radius 2 is 2.03 bits per heavy atom. The van der Waals surface area contributed by atoms with E-state index in [0.29, 0.717) is 12.8 Å². The van der Waals surface area contributed by atoms with Crippen molar-refractivity contribution in [1.29, 1.82) is 0 Å². The number of amides is 1. The van der Waals surface area contributed by atoms with Gasteiger partial charge in [0.15, 0.2) is 0 Å². The van der Waals surface area contributed by atoms with Crippen LogP contribution in [0.2, 0.25) is 0 Å². The minimum atomic E-state index is 0.0297. The van der Waals surface area contributed by atoms with Gasteiger partial charge in [-0.1, -0.05) is 30.3 Å². The molecule has 29 heavy (non-hydrogen) atoms. The average Bonchev–Trinajstić information content (AvgIpc) is 3.25. The maximum Gasteiger partial charge on any atom is 0.224 e. The summed E-state index contributed by atoms with van der Waals surface area (Å²) in [6.07, 6.45) is 2.15. The van der Waals surface area contributed by atoms with Gasteiger partial charge in [-0.2, -0.15) is 0 Å². The number of hydrogen-bond donors (Lipinski definition) is 1. The van der Waals surface area contributed by atoms with Crippen LogP contribution in [0.25, 0.3) is 0 Å². The van der Waals surface area contributed by atoms with Crippen LogP contribution in [0.5, 0.6) is 5.75 Å². The van der Waals surface area contributed by atoms with Gasteiger partial charge in [-0.3, -0.25) is 9.69 Å². The molecule has 0 spiro atoms. The smallest absolute Gasteiger partial charge is 0.224 e. The Hall–Kier alpha value is -2.63. The van der Waals surface area contributed by atoms with Gasteiger partial charge >= 0.3 is 0 Å². The van der Waals surface area contributed by atoms with Crippen LogP contribution in [0.3, 0.4) is 0 Å². The second-order valence-corrected chi connectivity index (χ2v) is 8.42. The Morgan fingerprint density at radius 3 is 2.86 bits per heavy atom. The van der Waals surface area contributed by atoms with Gasteiger partial charge in [0.05, 0.1) is 7.11 Å². The minimum absolute atomic E-state index is 0.0297. The Balaban J connectivity index is 1.35. The molecule has 1 aromatic heterocycles. The van der Waals surface area contributed by atoms with Gasteiger partial charge in [-0.25, -0.2) is 0 Å². The molecule has 1 aliphatic heterocycles. The molecule has 0 saturated heterocycles. The van der Waals surface area contributed by atoms with Crippen molar-refractivity contribution in [1.82, 2.24) is 4.90 Å². The van der Waals surface area contributed by atoms with Crippen molar-refractivity contribution < 1.29 is 9.53 Å². The van der Waals surface area contributed by atoms with Crippen LogP contribution in [-0.4, -0.2) is 24.5 Å². The number of aryl methyl sites for hydroxylation is 1. The predicted molar refractivity (Wildman–Crippen MR) is 119 cm³/mol. The lowest BCUT2D eigenvalue weighted by atomic mass is 9.99. The maximum atomic E-state index is 12.5. The maximum absolute atomic E-state index is 12.5. The van der Waals surface area contributed by atoms with Gasteiger partial charge in [0.2, 0.25) is 5.91 Å². The number of benzene rings is 2. The van der Waals surface area contributed by atoms with E-state index in [0.717, 1.165) is 43.1 Å². The molecule has 4 nitrogen and oxygen atoms in total. The Labute approximate surface area is 176 Å². The molecule has 5 heteroatoms. The van der Waals surface area contributed by atoms with Crippen LogP contribution in [0.4, 0.5) is 5.69 Å². The molecule has 1 N–H and O–H groups in total. The third kappa shape index (κ3) is 5.05. The van der Waals surface area contributed by atoms with Crippen LogP contribution in [0, 0.1) is 0 Å². The van der Waals surface area contributed by atoms with Gasteiger partial charge < -0.3 is 10.1 Å². The normalized spacial score (nSPS) is 13.7. The first-order valence-electron chi connectivity index (χ1n) is 9.99. The highest BCUT2D eigenvalue weighted by Gasteiger charge is 2.17. The topological polar surface area (TPSA) is 41.6 Å². The van der Waals surface area contributed by atoms with Crippen LogP contribution in [0.15, 0.2) is 60.0 Å². The number of ether oxygens (including phenoxy) is 1. The first kappa shape index (κ1) is 19.7. The van der Waals surface area contributed by atoms with E-state index < -0.39 is 0 Å². The number of para-hydroxylation sites is 1. The van der Waals surface area contributed by atoms with Gasteiger partial charge in [-0.05, 0) is 59.2 Å². The standard InChI is InChI=1S/C24H26N2O2S/c1-28-23-7-3-2-5-19(23)9-11-24(27)25-21-10-8-18-12-13-26(16-20(18)15-21)17-22-6-4-14-29-22/h2-8,10,14-15H,9,11-13,16-17H2,1H3,(H,25,27). The van der Waals surface area contributed by atoms with E-state index >= 15 is 0 Å². The molecule has 0 fully saturated rings. The van der Waals surface area contributed by atoms with E-state index in [1.165, 1.54) is 16.0 Å². The van der Waals surface area contributed by atoms with E-state index in [-0.39, 0.29) is 5.91 Å². The molecule has 4 rings (SSSR count). The van der Waals surface area contributed by atoms with Gasteiger partial charge in [0.1, 0.15) is 5.75 Å². The monoisotopic (exact) mass is 406 g/mol. The SMILES string of the molecule is COc1ccccc1CCC(=O)Nc1ccc2c(c1)CN(Cc1cccs1)CC2. The zero-order valence-electron chi connectivity index (χ0n) is 16.7. The largest absolute Gasteiger partial charge is 0.496 e. The lowest BCUT2D eigenvalue weighted by molar-refractivity contribution is -0.116. The summed E-state index contributed by atoms with van der Waals surface area (Å²) in [5.74, 6) is 0.863. The first-order valence-corrected chi connectivity index (χ1v) is 10.9. The number of anilines is 1. The molecule has 0 bridgehead atoms. The molecule has 2 aromatic carbocycles. The minimum Gasteiger partial charge on any atom is -0.496 e. The molecule has 150 valence electrons. The highest BCUT2D eigenvalue weighted by atomic mass is 32.1. The number of nitrogens with one attached hydrogen (secondary N) is 1. The summed E-state index contributed by atoms with van der Waals surface area (Å²) in [7, 11) is 1.66. The molecule has 0 aliphatic carbocycles. The van der Waals surface area contributed by atoms with Gasteiger partial charge in [0, 0.05) is 36.6 Å². The molecule has 2 heterocycles. The van der Waals surface area contributed by atoms with E-state index in [9.17, 15) is 4.79 Å². The zero-order valence-corrected chi connectivity index (χ0v) is 17.5. The van der Waals surface area contributed by atoms with Crippen molar-refractivity contribution in [2.24, 2.45) is 0 Å². The fourth-order valence-electron chi connectivity index (χ4n) is 3.83. The summed E-state index contributed by atoms with van der Waals surface area (Å²) in [6, 6.07) is 18.5. The summed E-state index contributed by atoms with van der Waals surface area (Å²) in [4.78, 5) is 16.3. The molecule has 1 amide bonds. The Morgan fingerprint density at radius 1 is 1.14 bits per heavy atom. The van der Waals surface area contributed by atoms with Crippen LogP contribution >= 0.6 is 11.3 Å². The van der Waals surface area contributed by atoms with Crippen molar-refractivity contribution in [3.05, 3.63) is 81.5 Å². The summed E-state index contributed by atoms with van der Waals surface area (Å²) in [5.41, 5.74) is 4.64. The highest BCUT2D eigenvalue weighted by molar-refractivity contribution is 7.09. The lowest BCUT2D eigenvalue weighted by Gasteiger charge is -2.28. The Kier molecular flexibility index (Phi) is 6.27. The second-order valence-electron chi connectivity index (χ2n) is 7.38. The number of carbonyl (C=O) groups is 1. The summed E-state index contributed by atoms with van der Waals surface area (Å²) >= 11 is 1.81. The number of thiophene rings is 1. The first-order chi connectivity index (χ1) is 14.2. The number of methoxy groups -OCH3 is 1. The number of carbonyl (C=O) groups excluding carboxylic acids is 1. The fourth-order valence-corrected chi connectivity index (χ4v) is 4.58. The van der Waals surface area contributed by atoms with E-state index in [1.807, 2.05) is 41.7 Å². The van der Waals surface area contributed by atoms with Crippen LogP contribution in [0.1, 0.15) is 28.0 Å². The van der Waals surface area contributed by atoms with Crippen LogP contribution in [-0.2, 0) is 30.7 Å². The predicted octanol–water partition coefficient (Wildman–Crippen LogP) is 4.89. The van der Waals surface area contributed by atoms with E-state index in [4.69, 9.17) is 4.74 Å². The molecular formula is C24H26N2O2S. The number of rotatable bonds is 7. The second kappa shape index (κ2) is 9.25. The number of fused-ring (bicyclic) bond motifs is 1. The van der Waals surface area contributed by atoms with E-state index in [1.54, 1.807) is 7.11 Å². The van der Waals surface area contributed by atoms with E-state index in [2.05, 4.69) is 39.9 Å². The summed E-state index contributed by atoms with van der Waals surface area (Å²) in [5, 5.41) is 5.19. The summed E-state index contributed by atoms with van der Waals surface area (Å²) < 4.78 is 5.37. The van der Waals surface area contributed by atoms with Crippen molar-refractivity contribution in [3.8, 4) is 5.75 Å². The molecule has 0 saturated carbocycles. The van der Waals surface area contributed by atoms with Gasteiger partial charge in [-0.15, -0.1) is 11.3 Å². The highest BCUT2D eigenvalue weighted by Crippen LogP contribution is 2.25. The average molecular weight is 407 g/mol. The molecule has 0 atom stereocenters. The quantitative estimate of drug-likeness (QED) is 0.608. The fraction of sp³-hybridized carbons (Fsp3) is 0.292. The number of nitrogens with zero attached hydrogens (tertiary/aromatic N) is 1. The molecule has 1 aliphatic rings. The van der Waals surface area contributed by atoms with Crippen molar-refractivity contribution in [3.63, 3.8) is 0 Å². The van der Waals surface area contributed by atoms with Crippen LogP contribution < -0.4 is 10.1 Å². The van der Waals surface area contributed by atoms with Gasteiger partial charge in [0.25, 0.3) is 0 Å². The number of hydrogen-bond acceptors (Lipinski definition) is 4. The molecule has 3 aromatic rings. The zero-order chi connectivity index (χ0) is 20.1. The third-order valence-corrected chi connectivity index (χ3v) is 6.22. The van der Waals surface area contributed by atoms with Crippen molar-refractivity contribution in [2.45, 2.75) is 32.4 Å². The Bertz CT molecular complexity index is 969. The molecule has 0 unspecified atom stereocenters. The lowest BCUT2D eigenvalue weighted by Crippen LogP contribution is -2.29. The third-order valence-electron chi connectivity index (χ3n) is 5.35. The van der Waals surface area contributed by atoms with Crippen molar-refractivity contribution in [2.75, 3.05) is 19.0 Å². The molecular weight excluding hydrogens is 380 g/mol. The molecule has 0 radical (unpaired) electrons. The summed E-state index contributed by atoms with van der Waals surface area (Å²) in [6.45, 7) is 3.00.